The number of carbonyl (C=O) groups excluding carboxylic acids is 1. The largest absolute Gasteiger partial charge is 0.426 e. The molecule has 0 N–H and O–H groups in total. The Morgan fingerprint density at radius 1 is 1.03 bits per heavy atom. The number of carbonyl (C=O) groups is 1. The molecular formula is C26H29NO2. The summed E-state index contributed by atoms with van der Waals surface area (Å²) in [6.45, 7) is 2.27. The van der Waals surface area contributed by atoms with Gasteiger partial charge in [-0.25, -0.2) is 0 Å². The molecule has 2 aliphatic rings. The van der Waals surface area contributed by atoms with Gasteiger partial charge in [0.25, 0.3) is 0 Å². The quantitative estimate of drug-likeness (QED) is 0.498. The second kappa shape index (κ2) is 8.82. The minimum absolute atomic E-state index is 0.0860. The van der Waals surface area contributed by atoms with Gasteiger partial charge >= 0.3 is 5.97 Å². The number of nitriles is 1. The number of hydrogen-bond donors (Lipinski definition) is 0. The van der Waals surface area contributed by atoms with Crippen LogP contribution in [-0.2, 0) is 30.5 Å². The van der Waals surface area contributed by atoms with Gasteiger partial charge in [0, 0.05) is 0 Å². The van der Waals surface area contributed by atoms with Crippen molar-refractivity contribution in [3.05, 3.63) is 64.2 Å². The van der Waals surface area contributed by atoms with E-state index in [1.54, 1.807) is 35.4 Å². The Bertz CT molecular complexity index is 923. The zero-order chi connectivity index (χ0) is 20.2. The van der Waals surface area contributed by atoms with Gasteiger partial charge in [-0.1, -0.05) is 38.3 Å². The highest BCUT2D eigenvalue weighted by atomic mass is 16.5. The van der Waals surface area contributed by atoms with Crippen molar-refractivity contribution in [2.45, 2.75) is 64.7 Å². The molecule has 150 valence electrons. The zero-order valence-electron chi connectivity index (χ0n) is 17.2. The van der Waals surface area contributed by atoms with Gasteiger partial charge < -0.3 is 4.74 Å². The maximum absolute atomic E-state index is 12.7. The monoisotopic (exact) mass is 387 g/mol. The van der Waals surface area contributed by atoms with Crippen molar-refractivity contribution < 1.29 is 9.53 Å². The first-order valence-corrected chi connectivity index (χ1v) is 11.0. The van der Waals surface area contributed by atoms with Crippen molar-refractivity contribution in [1.29, 1.82) is 5.26 Å². The Labute approximate surface area is 173 Å². The van der Waals surface area contributed by atoms with E-state index < -0.39 is 0 Å². The summed E-state index contributed by atoms with van der Waals surface area (Å²) >= 11 is 0. The van der Waals surface area contributed by atoms with Crippen LogP contribution in [-0.4, -0.2) is 5.97 Å². The predicted molar refractivity (Wildman–Crippen MR) is 114 cm³/mol. The third-order valence-corrected chi connectivity index (χ3v) is 6.65. The lowest BCUT2D eigenvalue weighted by molar-refractivity contribution is -0.139. The Hall–Kier alpha value is -2.60. The second-order valence-corrected chi connectivity index (χ2v) is 8.59. The molecule has 0 aliphatic heterocycles. The van der Waals surface area contributed by atoms with Crippen LogP contribution in [0.2, 0.25) is 0 Å². The summed E-state index contributed by atoms with van der Waals surface area (Å²) in [5, 5.41) is 8.89. The topological polar surface area (TPSA) is 50.1 Å². The highest BCUT2D eigenvalue weighted by Gasteiger charge is 2.30. The van der Waals surface area contributed by atoms with Crippen molar-refractivity contribution in [2.75, 3.05) is 0 Å². The van der Waals surface area contributed by atoms with Crippen LogP contribution in [0.15, 0.2) is 36.4 Å². The highest BCUT2D eigenvalue weighted by Crippen LogP contribution is 2.36. The average Bonchev–Trinajstić information content (AvgIpc) is 2.77. The fourth-order valence-corrected chi connectivity index (χ4v) is 4.98. The van der Waals surface area contributed by atoms with E-state index in [4.69, 9.17) is 10.00 Å². The fraction of sp³-hybridized carbons (Fsp3) is 0.462. The number of nitrogens with zero attached hydrogens (tertiary/aromatic N) is 1. The van der Waals surface area contributed by atoms with Crippen molar-refractivity contribution in [3.8, 4) is 11.8 Å². The molecule has 0 spiro atoms. The van der Waals surface area contributed by atoms with Crippen molar-refractivity contribution in [2.24, 2.45) is 11.8 Å². The van der Waals surface area contributed by atoms with Gasteiger partial charge in [0.15, 0.2) is 0 Å². The number of fused-ring (bicyclic) bond motifs is 3. The van der Waals surface area contributed by atoms with Crippen LogP contribution in [0.4, 0.5) is 0 Å². The first-order valence-electron chi connectivity index (χ1n) is 11.0. The zero-order valence-corrected chi connectivity index (χ0v) is 17.2. The fourth-order valence-electron chi connectivity index (χ4n) is 4.98. The summed E-state index contributed by atoms with van der Waals surface area (Å²) in [6, 6.07) is 13.4. The van der Waals surface area contributed by atoms with E-state index in [-0.39, 0.29) is 11.9 Å². The number of unbranched alkanes of at least 4 members (excludes halogenated alkanes) is 1. The van der Waals surface area contributed by atoms with E-state index in [0.717, 1.165) is 25.2 Å². The number of hydrogen-bond acceptors (Lipinski definition) is 3. The molecule has 2 unspecified atom stereocenters. The minimum Gasteiger partial charge on any atom is -0.426 e. The van der Waals surface area contributed by atoms with E-state index in [9.17, 15) is 4.79 Å². The summed E-state index contributed by atoms with van der Waals surface area (Å²) in [5.74, 6) is 1.12. The first-order chi connectivity index (χ1) is 14.2. The molecule has 0 heterocycles. The average molecular weight is 388 g/mol. The number of rotatable bonds is 5. The summed E-state index contributed by atoms with van der Waals surface area (Å²) < 4.78 is 5.58. The molecule has 29 heavy (non-hydrogen) atoms. The lowest BCUT2D eigenvalue weighted by atomic mass is 9.74. The molecule has 0 saturated heterocycles. The standard InChI is InChI=1S/C26H29NO2/c1-2-3-4-18-7-13-24-20(15-18)8-9-21-16-22(10-14-25(21)24)26(28)29-23-11-5-19(17-27)6-12-23/h5-6,8-9,11-12,18,22H,2-4,7,10,13-16H2,1H3. The number of ether oxygens (including phenoxy) is 1. The molecule has 2 aromatic carbocycles. The van der Waals surface area contributed by atoms with Gasteiger partial charge in [-0.15, -0.1) is 0 Å². The molecule has 2 aliphatic carbocycles. The Morgan fingerprint density at radius 3 is 2.41 bits per heavy atom. The van der Waals surface area contributed by atoms with Crippen molar-refractivity contribution in [3.63, 3.8) is 0 Å². The van der Waals surface area contributed by atoms with Crippen LogP contribution in [0.25, 0.3) is 0 Å². The molecule has 2 atom stereocenters. The van der Waals surface area contributed by atoms with Crippen molar-refractivity contribution in [1.82, 2.24) is 0 Å². The Balaban J connectivity index is 1.42. The summed E-state index contributed by atoms with van der Waals surface area (Å²) in [4.78, 5) is 12.7. The summed E-state index contributed by atoms with van der Waals surface area (Å²) in [6.07, 6.45) is 10.3. The first kappa shape index (κ1) is 19.7. The van der Waals surface area contributed by atoms with Gasteiger partial charge in [0.2, 0.25) is 0 Å². The van der Waals surface area contributed by atoms with Crippen LogP contribution < -0.4 is 4.74 Å². The van der Waals surface area contributed by atoms with Crippen LogP contribution in [0.3, 0.4) is 0 Å². The van der Waals surface area contributed by atoms with Gasteiger partial charge in [0.05, 0.1) is 17.6 Å². The molecule has 0 saturated carbocycles. The lowest BCUT2D eigenvalue weighted by Gasteiger charge is -2.31. The van der Waals surface area contributed by atoms with E-state index in [1.165, 1.54) is 49.7 Å². The molecule has 0 radical (unpaired) electrons. The van der Waals surface area contributed by atoms with E-state index in [1.807, 2.05) is 0 Å². The Morgan fingerprint density at radius 2 is 1.72 bits per heavy atom. The van der Waals surface area contributed by atoms with Crippen LogP contribution in [0.5, 0.6) is 5.75 Å². The SMILES string of the molecule is CCCCC1CCc2c(ccc3c2CCC(C(=O)Oc2ccc(C#N)cc2)C3)C1. The van der Waals surface area contributed by atoms with Crippen LogP contribution in [0.1, 0.15) is 66.8 Å². The van der Waals surface area contributed by atoms with Gasteiger partial charge in [-0.3, -0.25) is 4.79 Å². The maximum atomic E-state index is 12.7. The molecular weight excluding hydrogens is 358 g/mol. The minimum atomic E-state index is -0.155. The van der Waals surface area contributed by atoms with E-state index >= 15 is 0 Å². The Kier molecular flexibility index (Phi) is 6.00. The molecule has 0 aromatic heterocycles. The third-order valence-electron chi connectivity index (χ3n) is 6.65. The highest BCUT2D eigenvalue weighted by molar-refractivity contribution is 5.76. The second-order valence-electron chi connectivity index (χ2n) is 8.59. The smallest absolute Gasteiger partial charge is 0.314 e. The number of benzene rings is 2. The van der Waals surface area contributed by atoms with Crippen molar-refractivity contribution >= 4 is 5.97 Å². The summed E-state index contributed by atoms with van der Waals surface area (Å²) in [7, 11) is 0. The normalized spacial score (nSPS) is 20.3. The lowest BCUT2D eigenvalue weighted by Crippen LogP contribution is -2.28. The molecule has 3 heteroatoms. The molecule has 0 bridgehead atoms. The predicted octanol–water partition coefficient (Wildman–Crippen LogP) is 5.56. The molecule has 4 rings (SSSR count). The van der Waals surface area contributed by atoms with Gasteiger partial charge in [-0.2, -0.15) is 5.26 Å². The van der Waals surface area contributed by atoms with E-state index in [2.05, 4.69) is 25.1 Å². The maximum Gasteiger partial charge on any atom is 0.314 e. The molecule has 0 fully saturated rings. The third kappa shape index (κ3) is 4.37. The van der Waals surface area contributed by atoms with Crippen LogP contribution >= 0.6 is 0 Å². The van der Waals surface area contributed by atoms with E-state index in [0.29, 0.717) is 11.3 Å². The molecule has 3 nitrogen and oxygen atoms in total. The summed E-state index contributed by atoms with van der Waals surface area (Å²) in [5.41, 5.74) is 6.55. The van der Waals surface area contributed by atoms with Crippen LogP contribution in [0, 0.1) is 23.2 Å². The molecule has 0 amide bonds. The van der Waals surface area contributed by atoms with Gasteiger partial charge in [-0.05, 0) is 91.0 Å². The number of esters is 1. The molecule has 2 aromatic rings. The van der Waals surface area contributed by atoms with Gasteiger partial charge in [0.1, 0.15) is 5.75 Å².